The maximum Gasteiger partial charge on any atom is 0.195 e. The average molecular weight is 265 g/mol. The van der Waals surface area contributed by atoms with Crippen molar-refractivity contribution in [3.8, 4) is 0 Å². The molecule has 100 valence electrons. The van der Waals surface area contributed by atoms with E-state index >= 15 is 0 Å². The first-order chi connectivity index (χ1) is 9.63. The standard InChI is InChI=1S/C17H15NO2/c1-12(19)11-17(13-7-3-2-4-8-13)16(20)14-9-5-6-10-15(14)18-17/h2-10,18H,11H2,1H3. The summed E-state index contributed by atoms with van der Waals surface area (Å²) in [5, 5.41) is 3.28. The number of rotatable bonds is 3. The number of carbonyl (C=O) groups excluding carboxylic acids is 2. The Labute approximate surface area is 117 Å². The third kappa shape index (κ3) is 1.83. The van der Waals surface area contributed by atoms with Gasteiger partial charge in [0.2, 0.25) is 0 Å². The molecule has 1 atom stereocenters. The van der Waals surface area contributed by atoms with Gasteiger partial charge in [0.15, 0.2) is 5.78 Å². The summed E-state index contributed by atoms with van der Waals surface area (Å²) >= 11 is 0. The maximum absolute atomic E-state index is 12.8. The zero-order valence-electron chi connectivity index (χ0n) is 11.2. The molecule has 0 saturated heterocycles. The van der Waals surface area contributed by atoms with E-state index in [9.17, 15) is 9.59 Å². The number of ketones is 2. The van der Waals surface area contributed by atoms with Crippen LogP contribution in [0.1, 0.15) is 29.3 Å². The van der Waals surface area contributed by atoms with Crippen molar-refractivity contribution in [3.05, 3.63) is 65.7 Å². The van der Waals surface area contributed by atoms with Gasteiger partial charge in [0.05, 0.1) is 0 Å². The fourth-order valence-electron chi connectivity index (χ4n) is 2.83. The third-order valence-electron chi connectivity index (χ3n) is 3.69. The first kappa shape index (κ1) is 12.6. The van der Waals surface area contributed by atoms with Gasteiger partial charge in [0, 0.05) is 17.7 Å². The molecule has 0 radical (unpaired) electrons. The average Bonchev–Trinajstić information content (AvgIpc) is 2.74. The Morgan fingerprint density at radius 2 is 1.70 bits per heavy atom. The maximum atomic E-state index is 12.8. The van der Waals surface area contributed by atoms with Gasteiger partial charge in [-0.15, -0.1) is 0 Å². The highest BCUT2D eigenvalue weighted by molar-refractivity contribution is 6.15. The van der Waals surface area contributed by atoms with Crippen LogP contribution in [0.3, 0.4) is 0 Å². The van der Waals surface area contributed by atoms with Crippen LogP contribution in [0.15, 0.2) is 54.6 Å². The molecule has 3 rings (SSSR count). The molecule has 0 amide bonds. The second-order valence-corrected chi connectivity index (χ2v) is 5.15. The highest BCUT2D eigenvalue weighted by Gasteiger charge is 2.47. The zero-order chi connectivity index (χ0) is 14.2. The summed E-state index contributed by atoms with van der Waals surface area (Å²) in [7, 11) is 0. The summed E-state index contributed by atoms with van der Waals surface area (Å²) in [4.78, 5) is 24.5. The largest absolute Gasteiger partial charge is 0.368 e. The number of Topliss-reactive ketones (excluding diaryl/α,β-unsaturated/α-hetero) is 2. The molecule has 0 spiro atoms. The van der Waals surface area contributed by atoms with Gasteiger partial charge in [-0.2, -0.15) is 0 Å². The van der Waals surface area contributed by atoms with Gasteiger partial charge in [-0.1, -0.05) is 42.5 Å². The molecule has 1 unspecified atom stereocenters. The predicted octanol–water partition coefficient (Wildman–Crippen LogP) is 3.17. The van der Waals surface area contributed by atoms with Gasteiger partial charge >= 0.3 is 0 Å². The first-order valence-electron chi connectivity index (χ1n) is 6.60. The van der Waals surface area contributed by atoms with Crippen molar-refractivity contribution in [2.75, 3.05) is 5.32 Å². The number of hydrogen-bond donors (Lipinski definition) is 1. The predicted molar refractivity (Wildman–Crippen MR) is 77.8 cm³/mol. The lowest BCUT2D eigenvalue weighted by Gasteiger charge is -2.28. The van der Waals surface area contributed by atoms with Crippen LogP contribution in [0.25, 0.3) is 0 Å². The Bertz CT molecular complexity index is 678. The zero-order valence-corrected chi connectivity index (χ0v) is 11.2. The van der Waals surface area contributed by atoms with Crippen molar-refractivity contribution in [2.24, 2.45) is 0 Å². The Kier molecular flexibility index (Phi) is 2.90. The molecule has 20 heavy (non-hydrogen) atoms. The molecule has 0 saturated carbocycles. The quantitative estimate of drug-likeness (QED) is 0.927. The smallest absolute Gasteiger partial charge is 0.195 e. The highest BCUT2D eigenvalue weighted by Crippen LogP contribution is 2.41. The van der Waals surface area contributed by atoms with Crippen LogP contribution in [-0.4, -0.2) is 11.6 Å². The van der Waals surface area contributed by atoms with E-state index in [4.69, 9.17) is 0 Å². The van der Waals surface area contributed by atoms with E-state index in [0.29, 0.717) is 5.56 Å². The number of anilines is 1. The Morgan fingerprint density at radius 3 is 2.35 bits per heavy atom. The number of para-hydroxylation sites is 1. The number of benzene rings is 2. The van der Waals surface area contributed by atoms with E-state index in [1.165, 1.54) is 6.92 Å². The number of carbonyl (C=O) groups is 2. The summed E-state index contributed by atoms with van der Waals surface area (Å²) in [5.41, 5.74) is 1.31. The van der Waals surface area contributed by atoms with Crippen molar-refractivity contribution in [1.29, 1.82) is 0 Å². The van der Waals surface area contributed by atoms with E-state index in [-0.39, 0.29) is 18.0 Å². The number of hydrogen-bond acceptors (Lipinski definition) is 3. The second-order valence-electron chi connectivity index (χ2n) is 5.15. The van der Waals surface area contributed by atoms with E-state index in [0.717, 1.165) is 11.3 Å². The van der Waals surface area contributed by atoms with Gasteiger partial charge in [0.25, 0.3) is 0 Å². The Morgan fingerprint density at radius 1 is 1.05 bits per heavy atom. The van der Waals surface area contributed by atoms with Crippen molar-refractivity contribution in [1.82, 2.24) is 0 Å². The summed E-state index contributed by atoms with van der Waals surface area (Å²) in [6, 6.07) is 16.8. The van der Waals surface area contributed by atoms with Crippen LogP contribution in [0, 0.1) is 0 Å². The molecule has 1 aliphatic heterocycles. The second kappa shape index (κ2) is 4.60. The fourth-order valence-corrected chi connectivity index (χ4v) is 2.83. The summed E-state index contributed by atoms with van der Waals surface area (Å²) in [6.07, 6.45) is 0.157. The number of nitrogens with one attached hydrogen (secondary N) is 1. The van der Waals surface area contributed by atoms with Crippen molar-refractivity contribution < 1.29 is 9.59 Å². The fraction of sp³-hybridized carbons (Fsp3) is 0.176. The van der Waals surface area contributed by atoms with Crippen molar-refractivity contribution in [3.63, 3.8) is 0 Å². The van der Waals surface area contributed by atoms with E-state index < -0.39 is 5.54 Å². The van der Waals surface area contributed by atoms with E-state index in [2.05, 4.69) is 5.32 Å². The Balaban J connectivity index is 2.15. The lowest BCUT2D eigenvalue weighted by atomic mass is 9.82. The van der Waals surface area contributed by atoms with Crippen LogP contribution in [-0.2, 0) is 10.3 Å². The van der Waals surface area contributed by atoms with Gasteiger partial charge in [-0.3, -0.25) is 9.59 Å². The highest BCUT2D eigenvalue weighted by atomic mass is 16.1. The molecule has 3 nitrogen and oxygen atoms in total. The van der Waals surface area contributed by atoms with Crippen molar-refractivity contribution >= 4 is 17.3 Å². The summed E-state index contributed by atoms with van der Waals surface area (Å²) in [5.74, 6) is -0.0444. The molecule has 2 aromatic carbocycles. The van der Waals surface area contributed by atoms with Crippen LogP contribution in [0.4, 0.5) is 5.69 Å². The van der Waals surface area contributed by atoms with Crippen LogP contribution in [0.2, 0.25) is 0 Å². The lowest BCUT2D eigenvalue weighted by molar-refractivity contribution is -0.117. The number of fused-ring (bicyclic) bond motifs is 1. The summed E-state index contributed by atoms with van der Waals surface area (Å²) in [6.45, 7) is 1.52. The molecule has 1 N–H and O–H groups in total. The molecular weight excluding hydrogens is 250 g/mol. The molecule has 1 aliphatic rings. The molecular formula is C17H15NO2. The summed E-state index contributed by atoms with van der Waals surface area (Å²) < 4.78 is 0. The first-order valence-corrected chi connectivity index (χ1v) is 6.60. The van der Waals surface area contributed by atoms with Gasteiger partial charge < -0.3 is 5.32 Å². The lowest BCUT2D eigenvalue weighted by Crippen LogP contribution is -2.40. The third-order valence-corrected chi connectivity index (χ3v) is 3.69. The minimum Gasteiger partial charge on any atom is -0.368 e. The minimum absolute atomic E-state index is 0.0116. The van der Waals surface area contributed by atoms with Crippen LogP contribution >= 0.6 is 0 Å². The van der Waals surface area contributed by atoms with Gasteiger partial charge in [-0.05, 0) is 24.6 Å². The molecule has 1 heterocycles. The van der Waals surface area contributed by atoms with E-state index in [1.807, 2.05) is 48.5 Å². The molecule has 0 bridgehead atoms. The SMILES string of the molecule is CC(=O)CC1(c2ccccc2)Nc2ccccc2C1=O. The minimum atomic E-state index is -0.962. The van der Waals surface area contributed by atoms with Gasteiger partial charge in [-0.25, -0.2) is 0 Å². The van der Waals surface area contributed by atoms with Crippen LogP contribution in [0.5, 0.6) is 0 Å². The normalized spacial score (nSPS) is 20.4. The van der Waals surface area contributed by atoms with Gasteiger partial charge in [0.1, 0.15) is 11.3 Å². The van der Waals surface area contributed by atoms with Crippen molar-refractivity contribution in [2.45, 2.75) is 18.9 Å². The van der Waals surface area contributed by atoms with Crippen LogP contribution < -0.4 is 5.32 Å². The molecule has 0 aliphatic carbocycles. The van der Waals surface area contributed by atoms with E-state index in [1.54, 1.807) is 6.07 Å². The topological polar surface area (TPSA) is 46.2 Å². The molecule has 3 heteroatoms. The monoisotopic (exact) mass is 265 g/mol. The Hall–Kier alpha value is -2.42. The molecule has 0 aromatic heterocycles. The molecule has 2 aromatic rings. The molecule has 0 fully saturated rings.